The Morgan fingerprint density at radius 2 is 2.29 bits per heavy atom. The van der Waals surface area contributed by atoms with Gasteiger partial charge in [0.05, 0.1) is 11.9 Å². The van der Waals surface area contributed by atoms with E-state index >= 15 is 0 Å². The SMILES string of the molecule is CC1(C)CCCN(c2cnccc2C(N)=S)C1. The molecule has 1 aliphatic heterocycles. The fourth-order valence-electron chi connectivity index (χ4n) is 2.48. The van der Waals surface area contributed by atoms with Crippen molar-refractivity contribution in [2.45, 2.75) is 26.7 Å². The summed E-state index contributed by atoms with van der Waals surface area (Å²) in [7, 11) is 0. The quantitative estimate of drug-likeness (QED) is 0.817. The van der Waals surface area contributed by atoms with Crippen LogP contribution in [-0.2, 0) is 0 Å². The minimum atomic E-state index is 0.349. The van der Waals surface area contributed by atoms with E-state index in [-0.39, 0.29) is 0 Å². The third kappa shape index (κ3) is 2.75. The zero-order chi connectivity index (χ0) is 12.5. The molecular formula is C13H19N3S. The molecule has 4 heteroatoms. The average molecular weight is 249 g/mol. The zero-order valence-corrected chi connectivity index (χ0v) is 11.3. The molecule has 0 saturated carbocycles. The summed E-state index contributed by atoms with van der Waals surface area (Å²) in [6.45, 7) is 6.70. The van der Waals surface area contributed by atoms with Crippen LogP contribution in [0.1, 0.15) is 32.3 Å². The summed E-state index contributed by atoms with van der Waals surface area (Å²) in [4.78, 5) is 7.00. The van der Waals surface area contributed by atoms with Crippen LogP contribution in [0.3, 0.4) is 0 Å². The smallest absolute Gasteiger partial charge is 0.106 e. The van der Waals surface area contributed by atoms with E-state index in [0.717, 1.165) is 24.3 Å². The van der Waals surface area contributed by atoms with E-state index in [1.807, 2.05) is 12.3 Å². The molecule has 1 aromatic heterocycles. The van der Waals surface area contributed by atoms with Gasteiger partial charge in [0, 0.05) is 24.8 Å². The molecule has 92 valence electrons. The molecule has 1 fully saturated rings. The Kier molecular flexibility index (Phi) is 3.33. The van der Waals surface area contributed by atoms with Crippen LogP contribution in [0.5, 0.6) is 0 Å². The van der Waals surface area contributed by atoms with E-state index in [0.29, 0.717) is 10.4 Å². The number of hydrogen-bond donors (Lipinski definition) is 1. The van der Waals surface area contributed by atoms with E-state index in [2.05, 4.69) is 23.7 Å². The number of rotatable bonds is 2. The fraction of sp³-hybridized carbons (Fsp3) is 0.538. The Hall–Kier alpha value is -1.16. The topological polar surface area (TPSA) is 42.2 Å². The fourth-order valence-corrected chi connectivity index (χ4v) is 2.65. The highest BCUT2D eigenvalue weighted by atomic mass is 32.1. The van der Waals surface area contributed by atoms with Crippen molar-refractivity contribution in [1.29, 1.82) is 0 Å². The summed E-state index contributed by atoms with van der Waals surface area (Å²) in [5.74, 6) is 0. The van der Waals surface area contributed by atoms with Crippen molar-refractivity contribution >= 4 is 22.9 Å². The highest BCUT2D eigenvalue weighted by Crippen LogP contribution is 2.32. The lowest BCUT2D eigenvalue weighted by molar-refractivity contribution is 0.293. The van der Waals surface area contributed by atoms with Crippen LogP contribution in [0, 0.1) is 5.41 Å². The molecule has 0 aromatic carbocycles. The Balaban J connectivity index is 2.30. The Bertz CT molecular complexity index is 428. The summed E-state index contributed by atoms with van der Waals surface area (Å²) in [6, 6.07) is 1.90. The predicted molar refractivity (Wildman–Crippen MR) is 75.4 cm³/mol. The molecule has 0 atom stereocenters. The van der Waals surface area contributed by atoms with Crippen LogP contribution in [0.15, 0.2) is 18.5 Å². The van der Waals surface area contributed by atoms with E-state index < -0.39 is 0 Å². The number of nitrogens with two attached hydrogens (primary N) is 1. The lowest BCUT2D eigenvalue weighted by Crippen LogP contribution is -2.41. The standard InChI is InChI=1S/C13H19N3S/c1-13(2)5-3-7-16(9-13)11-8-15-6-4-10(11)12(14)17/h4,6,8H,3,5,7,9H2,1-2H3,(H2,14,17). The maximum atomic E-state index is 5.77. The van der Waals surface area contributed by atoms with Crippen molar-refractivity contribution in [3.05, 3.63) is 24.0 Å². The first kappa shape index (κ1) is 12.3. The van der Waals surface area contributed by atoms with Crippen molar-refractivity contribution in [2.75, 3.05) is 18.0 Å². The van der Waals surface area contributed by atoms with Gasteiger partial charge in [-0.1, -0.05) is 26.1 Å². The minimum Gasteiger partial charge on any atom is -0.389 e. The van der Waals surface area contributed by atoms with Gasteiger partial charge in [0.1, 0.15) is 4.99 Å². The molecule has 0 radical (unpaired) electrons. The molecule has 2 heterocycles. The number of thiocarbonyl (C=S) groups is 1. The monoisotopic (exact) mass is 249 g/mol. The van der Waals surface area contributed by atoms with Crippen LogP contribution >= 0.6 is 12.2 Å². The Labute approximate surface area is 108 Å². The number of nitrogens with zero attached hydrogens (tertiary/aromatic N) is 2. The second-order valence-electron chi connectivity index (χ2n) is 5.45. The van der Waals surface area contributed by atoms with E-state index in [9.17, 15) is 0 Å². The summed E-state index contributed by atoms with van der Waals surface area (Å²) < 4.78 is 0. The normalized spacial score (nSPS) is 19.1. The molecule has 1 saturated heterocycles. The van der Waals surface area contributed by atoms with Gasteiger partial charge < -0.3 is 10.6 Å². The number of anilines is 1. The van der Waals surface area contributed by atoms with Gasteiger partial charge in [-0.05, 0) is 24.3 Å². The van der Waals surface area contributed by atoms with Crippen molar-refractivity contribution in [3.8, 4) is 0 Å². The lowest BCUT2D eigenvalue weighted by Gasteiger charge is -2.39. The molecule has 17 heavy (non-hydrogen) atoms. The second kappa shape index (κ2) is 4.61. The van der Waals surface area contributed by atoms with Gasteiger partial charge >= 0.3 is 0 Å². The van der Waals surface area contributed by atoms with Gasteiger partial charge in [-0.2, -0.15) is 0 Å². The molecular weight excluding hydrogens is 230 g/mol. The summed E-state index contributed by atoms with van der Waals surface area (Å²) in [6.07, 6.45) is 6.09. The summed E-state index contributed by atoms with van der Waals surface area (Å²) >= 11 is 5.10. The summed E-state index contributed by atoms with van der Waals surface area (Å²) in [5.41, 5.74) is 8.13. The molecule has 0 spiro atoms. The first-order valence-corrected chi connectivity index (χ1v) is 6.39. The van der Waals surface area contributed by atoms with Gasteiger partial charge in [0.15, 0.2) is 0 Å². The lowest BCUT2D eigenvalue weighted by atomic mass is 9.84. The van der Waals surface area contributed by atoms with Gasteiger partial charge in [-0.15, -0.1) is 0 Å². The first-order valence-electron chi connectivity index (χ1n) is 5.98. The molecule has 0 amide bonds. The highest BCUT2D eigenvalue weighted by Gasteiger charge is 2.27. The van der Waals surface area contributed by atoms with Crippen LogP contribution in [-0.4, -0.2) is 23.1 Å². The maximum absolute atomic E-state index is 5.77. The third-order valence-electron chi connectivity index (χ3n) is 3.31. The van der Waals surface area contributed by atoms with Gasteiger partial charge in [0.25, 0.3) is 0 Å². The number of hydrogen-bond acceptors (Lipinski definition) is 3. The largest absolute Gasteiger partial charge is 0.389 e. The van der Waals surface area contributed by atoms with E-state index in [1.165, 1.54) is 12.8 Å². The molecule has 0 bridgehead atoms. The van der Waals surface area contributed by atoms with Crippen LogP contribution in [0.25, 0.3) is 0 Å². The second-order valence-corrected chi connectivity index (χ2v) is 5.89. The molecule has 1 aliphatic rings. The number of piperidine rings is 1. The Morgan fingerprint density at radius 1 is 1.53 bits per heavy atom. The Morgan fingerprint density at radius 3 is 2.94 bits per heavy atom. The van der Waals surface area contributed by atoms with Crippen molar-refractivity contribution < 1.29 is 0 Å². The van der Waals surface area contributed by atoms with Crippen LogP contribution in [0.4, 0.5) is 5.69 Å². The van der Waals surface area contributed by atoms with Crippen LogP contribution < -0.4 is 10.6 Å². The zero-order valence-electron chi connectivity index (χ0n) is 10.4. The first-order chi connectivity index (χ1) is 7.99. The molecule has 3 nitrogen and oxygen atoms in total. The summed E-state index contributed by atoms with van der Waals surface area (Å²) in [5, 5.41) is 0. The third-order valence-corrected chi connectivity index (χ3v) is 3.53. The van der Waals surface area contributed by atoms with E-state index in [4.69, 9.17) is 18.0 Å². The minimum absolute atomic E-state index is 0.349. The van der Waals surface area contributed by atoms with Gasteiger partial charge in [0.2, 0.25) is 0 Å². The number of pyridine rings is 1. The van der Waals surface area contributed by atoms with Crippen molar-refractivity contribution in [1.82, 2.24) is 4.98 Å². The van der Waals surface area contributed by atoms with Crippen molar-refractivity contribution in [2.24, 2.45) is 11.1 Å². The van der Waals surface area contributed by atoms with E-state index in [1.54, 1.807) is 6.20 Å². The molecule has 0 unspecified atom stereocenters. The predicted octanol–water partition coefficient (Wildman–Crippen LogP) is 2.34. The number of aromatic nitrogens is 1. The highest BCUT2D eigenvalue weighted by molar-refractivity contribution is 7.80. The van der Waals surface area contributed by atoms with Crippen molar-refractivity contribution in [3.63, 3.8) is 0 Å². The van der Waals surface area contributed by atoms with Crippen LogP contribution in [0.2, 0.25) is 0 Å². The van der Waals surface area contributed by atoms with Gasteiger partial charge in [-0.25, -0.2) is 0 Å². The average Bonchev–Trinajstić information content (AvgIpc) is 2.27. The molecule has 0 aliphatic carbocycles. The molecule has 2 N–H and O–H groups in total. The van der Waals surface area contributed by atoms with Gasteiger partial charge in [-0.3, -0.25) is 4.98 Å². The maximum Gasteiger partial charge on any atom is 0.106 e. The molecule has 2 rings (SSSR count). The molecule has 1 aromatic rings.